The maximum absolute atomic E-state index is 12.1. The molecule has 1 fully saturated rings. The SMILES string of the molecule is C[N+]1(Cc2ccc(NC(=O)C=Cc3ccc(Cl)c(Cl)c3)cc2)CCOCC1.[Cl-]. The zero-order valence-corrected chi connectivity index (χ0v) is 17.9. The number of likely N-dealkylation sites (N-methyl/N-ethyl adjacent to an activating group) is 1. The van der Waals surface area contributed by atoms with Gasteiger partial charge < -0.3 is 26.9 Å². The summed E-state index contributed by atoms with van der Waals surface area (Å²) in [5.41, 5.74) is 2.84. The Bertz CT molecular complexity index is 832. The summed E-state index contributed by atoms with van der Waals surface area (Å²) in [5, 5.41) is 3.83. The Morgan fingerprint density at radius 3 is 2.43 bits per heavy atom. The highest BCUT2D eigenvalue weighted by atomic mass is 35.5. The summed E-state index contributed by atoms with van der Waals surface area (Å²) in [6.07, 6.45) is 3.18. The molecule has 7 heteroatoms. The Morgan fingerprint density at radius 1 is 1.11 bits per heavy atom. The average Bonchev–Trinajstić information content (AvgIpc) is 2.65. The molecular weight excluding hydrogens is 419 g/mol. The molecule has 0 atom stereocenters. The van der Waals surface area contributed by atoms with Gasteiger partial charge in [0, 0.05) is 17.3 Å². The molecule has 3 rings (SSSR count). The molecule has 2 aromatic carbocycles. The minimum Gasteiger partial charge on any atom is -1.00 e. The lowest BCUT2D eigenvalue weighted by molar-refractivity contribution is -0.929. The van der Waals surface area contributed by atoms with Gasteiger partial charge in [-0.1, -0.05) is 41.4 Å². The van der Waals surface area contributed by atoms with Gasteiger partial charge in [-0.3, -0.25) is 4.79 Å². The number of anilines is 1. The van der Waals surface area contributed by atoms with Crippen LogP contribution >= 0.6 is 23.2 Å². The van der Waals surface area contributed by atoms with Gasteiger partial charge >= 0.3 is 0 Å². The molecule has 28 heavy (non-hydrogen) atoms. The molecule has 1 saturated heterocycles. The number of nitrogens with zero attached hydrogens (tertiary/aromatic N) is 1. The zero-order valence-electron chi connectivity index (χ0n) is 15.6. The lowest BCUT2D eigenvalue weighted by Crippen LogP contribution is -3.00. The predicted octanol–water partition coefficient (Wildman–Crippen LogP) is 1.63. The molecule has 2 aromatic rings. The Hall–Kier alpha value is -1.56. The smallest absolute Gasteiger partial charge is 0.248 e. The van der Waals surface area contributed by atoms with E-state index in [1.165, 1.54) is 11.6 Å². The Balaban J connectivity index is 0.00000280. The van der Waals surface area contributed by atoms with Gasteiger partial charge in [-0.25, -0.2) is 0 Å². The summed E-state index contributed by atoms with van der Waals surface area (Å²) >= 11 is 11.9. The van der Waals surface area contributed by atoms with Crippen LogP contribution in [0.25, 0.3) is 6.08 Å². The topological polar surface area (TPSA) is 38.3 Å². The molecule has 0 bridgehead atoms. The Labute approximate surface area is 182 Å². The molecule has 1 amide bonds. The van der Waals surface area contributed by atoms with E-state index >= 15 is 0 Å². The van der Waals surface area contributed by atoms with Crippen LogP contribution in [0, 0.1) is 0 Å². The van der Waals surface area contributed by atoms with Crippen molar-refractivity contribution in [2.75, 3.05) is 38.7 Å². The molecule has 0 aliphatic carbocycles. The van der Waals surface area contributed by atoms with E-state index in [9.17, 15) is 4.79 Å². The quantitative estimate of drug-likeness (QED) is 0.566. The number of hydrogen-bond donors (Lipinski definition) is 1. The summed E-state index contributed by atoms with van der Waals surface area (Å²) in [4.78, 5) is 12.1. The normalized spacial score (nSPS) is 15.8. The fourth-order valence-corrected chi connectivity index (χ4v) is 3.35. The van der Waals surface area contributed by atoms with E-state index in [-0.39, 0.29) is 18.3 Å². The van der Waals surface area contributed by atoms with Crippen LogP contribution in [0.3, 0.4) is 0 Å². The third-order valence-corrected chi connectivity index (χ3v) is 5.45. The molecule has 1 aliphatic heterocycles. The number of benzene rings is 2. The number of rotatable bonds is 5. The fraction of sp³-hybridized carbons (Fsp3) is 0.286. The van der Waals surface area contributed by atoms with Crippen LogP contribution in [-0.4, -0.2) is 43.7 Å². The molecule has 1 N–H and O–H groups in total. The van der Waals surface area contributed by atoms with E-state index in [0.717, 1.165) is 48.6 Å². The summed E-state index contributed by atoms with van der Waals surface area (Å²) in [5.74, 6) is -0.194. The van der Waals surface area contributed by atoms with Crippen molar-refractivity contribution in [1.82, 2.24) is 0 Å². The highest BCUT2D eigenvalue weighted by molar-refractivity contribution is 6.42. The van der Waals surface area contributed by atoms with Crippen LogP contribution in [-0.2, 0) is 16.1 Å². The minimum absolute atomic E-state index is 0. The number of carbonyl (C=O) groups excluding carboxylic acids is 1. The minimum atomic E-state index is -0.194. The van der Waals surface area contributed by atoms with Crippen LogP contribution in [0.2, 0.25) is 10.0 Å². The fourth-order valence-electron chi connectivity index (χ4n) is 3.05. The van der Waals surface area contributed by atoms with E-state index in [1.807, 2.05) is 18.2 Å². The summed E-state index contributed by atoms with van der Waals surface area (Å²) < 4.78 is 6.43. The van der Waals surface area contributed by atoms with Crippen molar-refractivity contribution in [3.8, 4) is 0 Å². The third kappa shape index (κ3) is 6.50. The van der Waals surface area contributed by atoms with Crippen LogP contribution in [0.5, 0.6) is 0 Å². The standard InChI is InChI=1S/C21H22Cl2N2O2.ClH/c1-25(10-12-27-13-11-25)15-17-2-6-18(7-3-17)24-21(26)9-5-16-4-8-19(22)20(23)14-16;/h2-9,14H,10-13,15H2,1H3;1H. The first kappa shape index (κ1) is 22.7. The molecule has 0 aromatic heterocycles. The van der Waals surface area contributed by atoms with Crippen molar-refractivity contribution < 1.29 is 26.4 Å². The molecule has 0 spiro atoms. The number of hydrogen-bond acceptors (Lipinski definition) is 2. The van der Waals surface area contributed by atoms with E-state index in [1.54, 1.807) is 18.2 Å². The van der Waals surface area contributed by atoms with Gasteiger partial charge in [0.2, 0.25) is 5.91 Å². The first-order valence-electron chi connectivity index (χ1n) is 8.88. The third-order valence-electron chi connectivity index (χ3n) is 4.71. The van der Waals surface area contributed by atoms with Crippen LogP contribution in [0.1, 0.15) is 11.1 Å². The van der Waals surface area contributed by atoms with E-state index in [0.29, 0.717) is 10.0 Å². The average molecular weight is 442 g/mol. The van der Waals surface area contributed by atoms with Gasteiger partial charge in [0.1, 0.15) is 19.6 Å². The van der Waals surface area contributed by atoms with Crippen molar-refractivity contribution in [3.63, 3.8) is 0 Å². The summed E-state index contributed by atoms with van der Waals surface area (Å²) in [6, 6.07) is 13.2. The van der Waals surface area contributed by atoms with Crippen molar-refractivity contribution in [2.45, 2.75) is 6.54 Å². The van der Waals surface area contributed by atoms with Gasteiger partial charge in [0.05, 0.1) is 30.3 Å². The summed E-state index contributed by atoms with van der Waals surface area (Å²) in [6.45, 7) is 4.65. The first-order chi connectivity index (χ1) is 12.9. The van der Waals surface area contributed by atoms with Crippen LogP contribution < -0.4 is 17.7 Å². The second kappa shape index (κ2) is 10.3. The second-order valence-electron chi connectivity index (χ2n) is 7.03. The monoisotopic (exact) mass is 440 g/mol. The van der Waals surface area contributed by atoms with E-state index in [2.05, 4.69) is 24.5 Å². The lowest BCUT2D eigenvalue weighted by atomic mass is 10.1. The number of halogens is 3. The Morgan fingerprint density at radius 2 is 1.79 bits per heavy atom. The molecule has 1 heterocycles. The molecule has 1 aliphatic rings. The van der Waals surface area contributed by atoms with Gasteiger partial charge in [-0.05, 0) is 35.9 Å². The first-order valence-corrected chi connectivity index (χ1v) is 9.63. The molecule has 0 radical (unpaired) electrons. The molecule has 0 unspecified atom stereocenters. The number of amides is 1. The number of carbonyl (C=O) groups is 1. The highest BCUT2D eigenvalue weighted by Crippen LogP contribution is 2.23. The number of ether oxygens (including phenoxy) is 1. The second-order valence-corrected chi connectivity index (χ2v) is 7.84. The molecule has 150 valence electrons. The molecule has 4 nitrogen and oxygen atoms in total. The number of morpholine rings is 1. The van der Waals surface area contributed by atoms with Gasteiger partial charge in [0.15, 0.2) is 0 Å². The zero-order chi connectivity index (χ0) is 19.3. The van der Waals surface area contributed by atoms with Gasteiger partial charge in [-0.2, -0.15) is 0 Å². The number of quaternary nitrogens is 1. The maximum Gasteiger partial charge on any atom is 0.248 e. The molecular formula is C21H23Cl3N2O2. The summed E-state index contributed by atoms with van der Waals surface area (Å²) in [7, 11) is 2.26. The number of nitrogens with one attached hydrogen (secondary N) is 1. The van der Waals surface area contributed by atoms with E-state index < -0.39 is 0 Å². The highest BCUT2D eigenvalue weighted by Gasteiger charge is 2.25. The maximum atomic E-state index is 12.1. The van der Waals surface area contributed by atoms with Crippen LogP contribution in [0.4, 0.5) is 5.69 Å². The predicted molar refractivity (Wildman–Crippen MR) is 111 cm³/mol. The Kier molecular flexibility index (Phi) is 8.35. The van der Waals surface area contributed by atoms with Gasteiger partial charge in [-0.15, -0.1) is 0 Å². The van der Waals surface area contributed by atoms with E-state index in [4.69, 9.17) is 27.9 Å². The lowest BCUT2D eigenvalue weighted by Gasteiger charge is -2.37. The van der Waals surface area contributed by atoms with Crippen molar-refractivity contribution >= 4 is 40.9 Å². The van der Waals surface area contributed by atoms with Crippen molar-refractivity contribution in [1.29, 1.82) is 0 Å². The largest absolute Gasteiger partial charge is 1.00 e. The van der Waals surface area contributed by atoms with Gasteiger partial charge in [0.25, 0.3) is 0 Å². The van der Waals surface area contributed by atoms with Crippen LogP contribution in [0.15, 0.2) is 48.5 Å². The van der Waals surface area contributed by atoms with Crippen molar-refractivity contribution in [3.05, 3.63) is 69.7 Å². The van der Waals surface area contributed by atoms with Crippen molar-refractivity contribution in [2.24, 2.45) is 0 Å². The molecule has 0 saturated carbocycles.